The average Bonchev–Trinajstić information content (AvgIpc) is 3.36. The van der Waals surface area contributed by atoms with Crippen LogP contribution in [0.1, 0.15) is 35.5 Å². The van der Waals surface area contributed by atoms with Gasteiger partial charge < -0.3 is 9.88 Å². The highest BCUT2D eigenvalue weighted by Gasteiger charge is 2.32. The van der Waals surface area contributed by atoms with Gasteiger partial charge in [-0.3, -0.25) is 4.79 Å². The number of aromatic amines is 1. The van der Waals surface area contributed by atoms with Crippen LogP contribution in [0.4, 0.5) is 11.6 Å². The molecule has 6 heteroatoms. The van der Waals surface area contributed by atoms with E-state index in [-0.39, 0.29) is 5.78 Å². The van der Waals surface area contributed by atoms with E-state index in [9.17, 15) is 4.79 Å². The molecular formula is C23H21N5O. The predicted molar refractivity (Wildman–Crippen MR) is 114 cm³/mol. The molecule has 2 aliphatic rings. The zero-order valence-electron chi connectivity index (χ0n) is 16.7. The number of anilines is 1. The standard InChI is InChI=1S/C23H21N5O/c1-4-28(5-2)23-25-20-15-8-6-7-9-16(15)22(29)19(21(20)26-23)17-11-18-14(10-13(17)3)12-24-27-18/h6-12H,4-5H2,1-3H3,(H,25,26). The highest BCUT2D eigenvalue weighted by atomic mass is 16.1. The Labute approximate surface area is 168 Å². The van der Waals surface area contributed by atoms with Crippen molar-refractivity contribution < 1.29 is 4.79 Å². The number of fused-ring (bicyclic) bond motifs is 4. The number of hydrogen-bond donors (Lipinski definition) is 1. The van der Waals surface area contributed by atoms with Gasteiger partial charge >= 0.3 is 0 Å². The summed E-state index contributed by atoms with van der Waals surface area (Å²) in [6, 6.07) is 11.7. The molecule has 0 bridgehead atoms. The maximum atomic E-state index is 13.6. The van der Waals surface area contributed by atoms with Crippen molar-refractivity contribution >= 4 is 29.2 Å². The number of benzene rings is 2. The molecule has 1 aliphatic carbocycles. The predicted octanol–water partition coefficient (Wildman–Crippen LogP) is 3.46. The van der Waals surface area contributed by atoms with Crippen molar-refractivity contribution in [3.8, 4) is 11.3 Å². The minimum absolute atomic E-state index is 0.00446. The summed E-state index contributed by atoms with van der Waals surface area (Å²) in [4.78, 5) is 24.1. The van der Waals surface area contributed by atoms with E-state index >= 15 is 0 Å². The van der Waals surface area contributed by atoms with Crippen LogP contribution in [0.5, 0.6) is 0 Å². The van der Waals surface area contributed by atoms with Crippen molar-refractivity contribution in [1.82, 2.24) is 9.97 Å². The molecule has 0 radical (unpaired) electrons. The summed E-state index contributed by atoms with van der Waals surface area (Å²) in [7, 11) is 0. The molecule has 1 aromatic heterocycles. The first-order chi connectivity index (χ1) is 14.1. The monoisotopic (exact) mass is 383 g/mol. The third-order valence-corrected chi connectivity index (χ3v) is 5.66. The van der Waals surface area contributed by atoms with Crippen LogP contribution in [-0.2, 0) is 0 Å². The number of Topliss-reactive ketones (excluding diaryl/α,β-unsaturated/α-hetero) is 1. The van der Waals surface area contributed by atoms with Gasteiger partial charge in [0, 0.05) is 29.4 Å². The Bertz CT molecular complexity index is 1310. The molecule has 0 atom stereocenters. The molecule has 2 heterocycles. The van der Waals surface area contributed by atoms with Crippen molar-refractivity contribution in [3.63, 3.8) is 0 Å². The third-order valence-electron chi connectivity index (χ3n) is 5.66. The summed E-state index contributed by atoms with van der Waals surface area (Å²) in [6.07, 6.45) is 1.74. The number of ketones is 1. The normalized spacial score (nSPS) is 15.6. The SMILES string of the molecule is CCN(CC)c1nc2c([nH]1)C(=c1cc3c(cc1C)=CN=N3)C(=O)c1ccccc1-2. The van der Waals surface area contributed by atoms with Gasteiger partial charge in [-0.05, 0) is 43.7 Å². The van der Waals surface area contributed by atoms with Crippen molar-refractivity contribution in [3.05, 3.63) is 63.7 Å². The first-order valence-corrected chi connectivity index (χ1v) is 9.87. The molecular weight excluding hydrogens is 362 g/mol. The number of nitrogens with one attached hydrogen (secondary N) is 1. The number of H-pyrrole nitrogens is 1. The van der Waals surface area contributed by atoms with Gasteiger partial charge in [-0.25, -0.2) is 4.98 Å². The van der Waals surface area contributed by atoms with E-state index in [2.05, 4.69) is 34.0 Å². The second-order valence-electron chi connectivity index (χ2n) is 7.28. The Kier molecular flexibility index (Phi) is 3.94. The van der Waals surface area contributed by atoms with Crippen LogP contribution in [0, 0.1) is 6.92 Å². The number of hydrogen-bond acceptors (Lipinski definition) is 5. The summed E-state index contributed by atoms with van der Waals surface area (Å²) in [6.45, 7) is 7.88. The Morgan fingerprint density at radius 1 is 1.07 bits per heavy atom. The molecule has 0 spiro atoms. The number of nitrogens with zero attached hydrogens (tertiary/aromatic N) is 4. The number of imidazole rings is 1. The Morgan fingerprint density at radius 3 is 2.59 bits per heavy atom. The molecule has 29 heavy (non-hydrogen) atoms. The molecule has 0 unspecified atom stereocenters. The molecule has 5 rings (SSSR count). The van der Waals surface area contributed by atoms with Crippen molar-refractivity contribution in [2.24, 2.45) is 10.2 Å². The van der Waals surface area contributed by atoms with Gasteiger partial charge in [0.05, 0.1) is 28.8 Å². The van der Waals surface area contributed by atoms with Crippen molar-refractivity contribution in [2.75, 3.05) is 18.0 Å². The molecule has 0 saturated carbocycles. The lowest BCUT2D eigenvalue weighted by Gasteiger charge is -2.17. The van der Waals surface area contributed by atoms with E-state index in [1.165, 1.54) is 0 Å². The van der Waals surface area contributed by atoms with Crippen LogP contribution in [0.2, 0.25) is 0 Å². The Hall–Kier alpha value is -3.54. The van der Waals surface area contributed by atoms with Crippen molar-refractivity contribution in [1.29, 1.82) is 0 Å². The first kappa shape index (κ1) is 17.6. The van der Waals surface area contributed by atoms with Gasteiger partial charge in [0.25, 0.3) is 0 Å². The molecule has 2 aromatic carbocycles. The fourth-order valence-electron chi connectivity index (χ4n) is 4.13. The van der Waals surface area contributed by atoms with Gasteiger partial charge in [-0.2, -0.15) is 10.2 Å². The summed E-state index contributed by atoms with van der Waals surface area (Å²) >= 11 is 0. The number of azo groups is 1. The summed E-state index contributed by atoms with van der Waals surface area (Å²) < 4.78 is 0. The van der Waals surface area contributed by atoms with E-state index in [0.717, 1.165) is 57.7 Å². The number of carbonyl (C=O) groups is 1. The van der Waals surface area contributed by atoms with E-state index in [4.69, 9.17) is 4.98 Å². The van der Waals surface area contributed by atoms with Gasteiger partial charge in [-0.1, -0.05) is 24.3 Å². The van der Waals surface area contributed by atoms with Gasteiger partial charge in [0.15, 0.2) is 5.78 Å². The van der Waals surface area contributed by atoms with E-state index < -0.39 is 0 Å². The second kappa shape index (κ2) is 6.51. The highest BCUT2D eigenvalue weighted by Crippen LogP contribution is 2.38. The molecule has 3 aromatic rings. The number of aryl methyl sites for hydroxylation is 1. The van der Waals surface area contributed by atoms with Crippen LogP contribution >= 0.6 is 0 Å². The lowest BCUT2D eigenvalue weighted by molar-refractivity contribution is 0.105. The first-order valence-electron chi connectivity index (χ1n) is 9.87. The minimum Gasteiger partial charge on any atom is -0.343 e. The van der Waals surface area contributed by atoms with E-state index in [1.807, 2.05) is 43.3 Å². The summed E-state index contributed by atoms with van der Waals surface area (Å²) in [5.74, 6) is 0.790. The van der Waals surface area contributed by atoms with Crippen LogP contribution in [0.3, 0.4) is 0 Å². The third kappa shape index (κ3) is 2.56. The van der Waals surface area contributed by atoms with Gasteiger partial charge in [0.2, 0.25) is 5.95 Å². The average molecular weight is 383 g/mol. The Morgan fingerprint density at radius 2 is 1.83 bits per heavy atom. The molecule has 0 saturated heterocycles. The van der Waals surface area contributed by atoms with E-state index in [1.54, 1.807) is 6.20 Å². The number of aromatic nitrogens is 2. The highest BCUT2D eigenvalue weighted by molar-refractivity contribution is 6.33. The van der Waals surface area contributed by atoms with E-state index in [0.29, 0.717) is 11.1 Å². The number of rotatable bonds is 3. The van der Waals surface area contributed by atoms with Crippen LogP contribution in [-0.4, -0.2) is 28.8 Å². The molecule has 1 aliphatic heterocycles. The Balaban J connectivity index is 1.87. The molecule has 144 valence electrons. The van der Waals surface area contributed by atoms with Crippen LogP contribution < -0.4 is 15.3 Å². The maximum absolute atomic E-state index is 13.6. The molecule has 0 amide bonds. The van der Waals surface area contributed by atoms with Gasteiger partial charge in [-0.15, -0.1) is 0 Å². The lowest BCUT2D eigenvalue weighted by Crippen LogP contribution is -2.24. The van der Waals surface area contributed by atoms with Gasteiger partial charge in [0.1, 0.15) is 0 Å². The quantitative estimate of drug-likeness (QED) is 0.753. The number of carbonyl (C=O) groups excluding carboxylic acids is 1. The van der Waals surface area contributed by atoms with Crippen molar-refractivity contribution in [2.45, 2.75) is 20.8 Å². The zero-order valence-corrected chi connectivity index (χ0v) is 16.7. The second-order valence-corrected chi connectivity index (χ2v) is 7.28. The minimum atomic E-state index is 0.00446. The fraction of sp³-hybridized carbons (Fsp3) is 0.217. The largest absolute Gasteiger partial charge is 0.343 e. The lowest BCUT2D eigenvalue weighted by atomic mass is 9.85. The maximum Gasteiger partial charge on any atom is 0.203 e. The summed E-state index contributed by atoms with van der Waals surface area (Å²) in [5.41, 5.74) is 5.60. The molecule has 1 N–H and O–H groups in total. The van der Waals surface area contributed by atoms with Crippen LogP contribution in [0.15, 0.2) is 46.6 Å². The summed E-state index contributed by atoms with van der Waals surface area (Å²) in [5, 5.41) is 10.0. The van der Waals surface area contributed by atoms with Crippen LogP contribution in [0.25, 0.3) is 23.0 Å². The molecule has 6 nitrogen and oxygen atoms in total. The molecule has 0 fully saturated rings. The zero-order chi connectivity index (χ0) is 20.1. The smallest absolute Gasteiger partial charge is 0.203 e. The topological polar surface area (TPSA) is 73.7 Å². The fourth-order valence-corrected chi connectivity index (χ4v) is 4.13.